The first-order valence-electron chi connectivity index (χ1n) is 11.7. The third kappa shape index (κ3) is 12.0. The molecule has 174 valence electrons. The summed E-state index contributed by atoms with van der Waals surface area (Å²) in [7, 11) is -0.126. The largest absolute Gasteiger partial charge is 0.386 e. The highest BCUT2D eigenvalue weighted by molar-refractivity contribution is 7.85. The number of benzene rings is 1. The minimum Gasteiger partial charge on any atom is -0.386 e. The second kappa shape index (κ2) is 14.2. The van der Waals surface area contributed by atoms with Gasteiger partial charge < -0.3 is 9.59 Å². The molecule has 0 bridgehead atoms. The molecule has 2 unspecified atom stereocenters. The van der Waals surface area contributed by atoms with Gasteiger partial charge in [0.05, 0.1) is 14.1 Å². The molecule has 0 aliphatic heterocycles. The van der Waals surface area contributed by atoms with Gasteiger partial charge in [-0.2, -0.15) is 8.42 Å². The fourth-order valence-corrected chi connectivity index (χ4v) is 4.98. The van der Waals surface area contributed by atoms with Crippen LogP contribution in [0.5, 0.6) is 0 Å². The summed E-state index contributed by atoms with van der Waals surface area (Å²) in [6.45, 7) is 2.52. The van der Waals surface area contributed by atoms with Crippen molar-refractivity contribution in [2.45, 2.75) is 89.7 Å². The Hall–Kier alpha value is -0.950. The van der Waals surface area contributed by atoms with Gasteiger partial charge in [0.1, 0.15) is 24.4 Å². The van der Waals surface area contributed by atoms with Gasteiger partial charge in [0.2, 0.25) is 0 Å². The van der Waals surface area contributed by atoms with E-state index in [2.05, 4.69) is 19.1 Å². The first-order chi connectivity index (χ1) is 14.2. The molecule has 0 aliphatic rings. The minimum absolute atomic E-state index is 0.177. The molecule has 0 heterocycles. The van der Waals surface area contributed by atoms with Crippen LogP contribution >= 0.6 is 0 Å². The van der Waals surface area contributed by atoms with Gasteiger partial charge in [-0.1, -0.05) is 95.0 Å². The number of nitrogens with zero attached hydrogens (tertiary/aromatic N) is 1. The molecular weight excluding hydrogens is 398 g/mol. The normalized spacial score (nSPS) is 14.6. The van der Waals surface area contributed by atoms with Crippen molar-refractivity contribution in [1.29, 1.82) is 0 Å². The van der Waals surface area contributed by atoms with Crippen LogP contribution in [-0.4, -0.2) is 55.1 Å². The minimum atomic E-state index is -4.18. The van der Waals surface area contributed by atoms with Gasteiger partial charge >= 0.3 is 0 Å². The van der Waals surface area contributed by atoms with Crippen LogP contribution in [0, 0.1) is 0 Å². The zero-order valence-corrected chi connectivity index (χ0v) is 20.1. The second-order valence-electron chi connectivity index (χ2n) is 9.26. The van der Waals surface area contributed by atoms with E-state index < -0.39 is 22.0 Å². The van der Waals surface area contributed by atoms with Crippen molar-refractivity contribution in [3.05, 3.63) is 35.9 Å². The summed E-state index contributed by atoms with van der Waals surface area (Å²) in [6.07, 6.45) is 12.8. The van der Waals surface area contributed by atoms with Crippen molar-refractivity contribution in [1.82, 2.24) is 0 Å². The molecule has 1 aromatic rings. The molecule has 5 nitrogen and oxygen atoms in total. The predicted octanol–water partition coefficient (Wildman–Crippen LogP) is 5.36. The van der Waals surface area contributed by atoms with E-state index in [-0.39, 0.29) is 12.6 Å². The summed E-state index contributed by atoms with van der Waals surface area (Å²) >= 11 is 0. The topological polar surface area (TPSA) is 74.6 Å². The van der Waals surface area contributed by atoms with Crippen LogP contribution in [0.4, 0.5) is 0 Å². The van der Waals surface area contributed by atoms with Gasteiger partial charge in [0.15, 0.2) is 0 Å². The van der Waals surface area contributed by atoms with Crippen molar-refractivity contribution >= 4 is 10.1 Å². The maximum Gasteiger partial charge on any atom is 0.267 e. The van der Waals surface area contributed by atoms with Crippen LogP contribution in [0.25, 0.3) is 0 Å². The van der Waals surface area contributed by atoms with Crippen molar-refractivity contribution in [3.63, 3.8) is 0 Å². The number of hydrogen-bond donors (Lipinski definition) is 2. The molecule has 1 rings (SSSR count). The molecule has 30 heavy (non-hydrogen) atoms. The van der Waals surface area contributed by atoms with E-state index in [1.807, 2.05) is 32.3 Å². The summed E-state index contributed by atoms with van der Waals surface area (Å²) in [4.78, 5) is 0. The van der Waals surface area contributed by atoms with E-state index in [1.165, 1.54) is 63.4 Å². The quantitative estimate of drug-likeness (QED) is 0.193. The lowest BCUT2D eigenvalue weighted by atomic mass is 9.96. The van der Waals surface area contributed by atoms with E-state index in [1.54, 1.807) is 0 Å². The molecular formula is C24H44NO4S+. The Morgan fingerprint density at radius 1 is 0.867 bits per heavy atom. The Morgan fingerprint density at radius 2 is 1.37 bits per heavy atom. The molecule has 0 aliphatic carbocycles. The molecule has 1 aromatic carbocycles. The fourth-order valence-electron chi connectivity index (χ4n) is 4.39. The highest BCUT2D eigenvalue weighted by Crippen LogP contribution is 2.31. The molecule has 2 atom stereocenters. The van der Waals surface area contributed by atoms with Crippen LogP contribution in [0.15, 0.2) is 30.3 Å². The lowest BCUT2D eigenvalue weighted by molar-refractivity contribution is -0.924. The highest BCUT2D eigenvalue weighted by atomic mass is 32.2. The van der Waals surface area contributed by atoms with E-state index in [9.17, 15) is 13.5 Å². The zero-order chi connectivity index (χ0) is 22.5. The maximum absolute atomic E-state index is 11.1. The monoisotopic (exact) mass is 442 g/mol. The fraction of sp³-hybridized carbons (Fsp3) is 0.750. The van der Waals surface area contributed by atoms with E-state index >= 15 is 0 Å². The Bertz CT molecular complexity index is 661. The molecule has 0 saturated heterocycles. The van der Waals surface area contributed by atoms with E-state index in [0.29, 0.717) is 4.48 Å². The van der Waals surface area contributed by atoms with Gasteiger partial charge in [0, 0.05) is 12.0 Å². The van der Waals surface area contributed by atoms with E-state index in [4.69, 9.17) is 4.55 Å². The average molecular weight is 443 g/mol. The number of quaternary nitrogens is 1. The predicted molar refractivity (Wildman–Crippen MR) is 125 cm³/mol. The van der Waals surface area contributed by atoms with Crippen LogP contribution in [0.1, 0.15) is 89.2 Å². The Morgan fingerprint density at radius 3 is 1.87 bits per heavy atom. The van der Waals surface area contributed by atoms with Crippen molar-refractivity contribution in [2.24, 2.45) is 0 Å². The number of likely N-dealkylation sites (N-methyl/N-ethyl adjacent to an activating group) is 1. The summed E-state index contributed by atoms with van der Waals surface area (Å²) in [6, 6.07) is 10.4. The van der Waals surface area contributed by atoms with Gasteiger partial charge in [0.25, 0.3) is 10.1 Å². The van der Waals surface area contributed by atoms with Gasteiger partial charge in [-0.05, 0) is 6.42 Å². The van der Waals surface area contributed by atoms with Gasteiger partial charge in [-0.25, -0.2) is 0 Å². The Labute approximate surface area is 184 Å². The third-order valence-electron chi connectivity index (χ3n) is 5.94. The van der Waals surface area contributed by atoms with Crippen molar-refractivity contribution in [2.75, 3.05) is 26.4 Å². The summed E-state index contributed by atoms with van der Waals surface area (Å²) in [5.74, 6) is -0.617. The molecule has 0 amide bonds. The van der Waals surface area contributed by atoms with E-state index in [0.717, 1.165) is 12.8 Å². The number of aliphatic hydroxyl groups is 1. The third-order valence-corrected chi connectivity index (χ3v) is 6.75. The summed E-state index contributed by atoms with van der Waals surface area (Å²) < 4.78 is 31.8. The molecule has 0 fully saturated rings. The van der Waals surface area contributed by atoms with Crippen LogP contribution in [0.2, 0.25) is 0 Å². The first kappa shape index (κ1) is 27.1. The smallest absolute Gasteiger partial charge is 0.267 e. The number of rotatable bonds is 17. The van der Waals surface area contributed by atoms with Crippen LogP contribution in [0.3, 0.4) is 0 Å². The average Bonchev–Trinajstić information content (AvgIpc) is 2.64. The van der Waals surface area contributed by atoms with Gasteiger partial charge in [-0.15, -0.1) is 0 Å². The SMILES string of the molecule is CCCCCCCCCCCCC(c1ccccc1)[N+](C)(C)CC(O)CS(=O)(=O)O. The standard InChI is InChI=1S/C24H43NO4S/c1-4-5-6-7-8-9-10-11-12-16-19-24(22-17-14-13-15-18-22)25(2,3)20-23(26)21-30(27,28)29/h13-15,17-18,23-24,26H,4-12,16,19-21H2,1-3H3/p+1. The van der Waals surface area contributed by atoms with Crippen molar-refractivity contribution in [3.8, 4) is 0 Å². The number of hydrogen-bond acceptors (Lipinski definition) is 3. The zero-order valence-electron chi connectivity index (χ0n) is 19.3. The molecule has 0 spiro atoms. The Kier molecular flexibility index (Phi) is 12.8. The summed E-state index contributed by atoms with van der Waals surface area (Å²) in [5.41, 5.74) is 1.21. The van der Waals surface area contributed by atoms with Crippen LogP contribution in [-0.2, 0) is 10.1 Å². The molecule has 6 heteroatoms. The second-order valence-corrected chi connectivity index (χ2v) is 10.8. The molecule has 0 saturated carbocycles. The summed E-state index contributed by atoms with van der Waals surface area (Å²) in [5, 5.41) is 10.2. The Balaban J connectivity index is 2.53. The van der Waals surface area contributed by atoms with Crippen molar-refractivity contribution < 1.29 is 22.6 Å². The lowest BCUT2D eigenvalue weighted by Gasteiger charge is -2.39. The molecule has 2 N–H and O–H groups in total. The first-order valence-corrected chi connectivity index (χ1v) is 13.3. The molecule has 0 aromatic heterocycles. The van der Waals surface area contributed by atoms with Gasteiger partial charge in [-0.3, -0.25) is 4.55 Å². The number of aliphatic hydroxyl groups excluding tert-OH is 1. The lowest BCUT2D eigenvalue weighted by Crippen LogP contribution is -2.49. The number of unbranched alkanes of at least 4 members (excludes halogenated alkanes) is 9. The highest BCUT2D eigenvalue weighted by Gasteiger charge is 2.33. The van der Waals surface area contributed by atoms with Crippen LogP contribution < -0.4 is 0 Å². The maximum atomic E-state index is 11.1. The molecule has 0 radical (unpaired) electrons.